The third-order valence-corrected chi connectivity index (χ3v) is 3.44. The third-order valence-electron chi connectivity index (χ3n) is 2.39. The van der Waals surface area contributed by atoms with Gasteiger partial charge in [-0.25, -0.2) is 14.6 Å². The molecule has 0 radical (unpaired) electrons. The summed E-state index contributed by atoms with van der Waals surface area (Å²) in [6, 6.07) is 5.54. The van der Waals surface area contributed by atoms with Crippen LogP contribution in [-0.2, 0) is 7.05 Å². The fourth-order valence-electron chi connectivity index (χ4n) is 1.52. The maximum Gasteiger partial charge on any atom is 0.215 e. The monoisotopic (exact) mass is 259 g/mol. The largest absolute Gasteiger partial charge is 0.399 e. The average Bonchev–Trinajstić information content (AvgIpc) is 2.75. The summed E-state index contributed by atoms with van der Waals surface area (Å²) in [6.45, 7) is 0. The van der Waals surface area contributed by atoms with Crippen LogP contribution < -0.4 is 5.73 Å². The van der Waals surface area contributed by atoms with E-state index in [2.05, 4.69) is 25.5 Å². The van der Waals surface area contributed by atoms with Crippen molar-refractivity contribution >= 4 is 28.4 Å². The summed E-state index contributed by atoms with van der Waals surface area (Å²) in [4.78, 5) is 8.45. The molecule has 3 rings (SSSR count). The van der Waals surface area contributed by atoms with Gasteiger partial charge in [-0.1, -0.05) is 0 Å². The number of benzene rings is 1. The van der Waals surface area contributed by atoms with Crippen molar-refractivity contribution in [2.75, 3.05) is 5.73 Å². The summed E-state index contributed by atoms with van der Waals surface area (Å²) in [5.41, 5.74) is 7.22. The molecule has 1 aromatic carbocycles. The van der Waals surface area contributed by atoms with Crippen molar-refractivity contribution < 1.29 is 0 Å². The van der Waals surface area contributed by atoms with Crippen LogP contribution in [0.15, 0.2) is 34.7 Å². The molecule has 0 aliphatic heterocycles. The van der Waals surface area contributed by atoms with Gasteiger partial charge in [0.25, 0.3) is 0 Å². The van der Waals surface area contributed by atoms with Crippen LogP contribution in [0.4, 0.5) is 5.69 Å². The number of tetrazole rings is 1. The second kappa shape index (κ2) is 4.22. The zero-order chi connectivity index (χ0) is 12.5. The van der Waals surface area contributed by atoms with Crippen molar-refractivity contribution in [2.45, 2.75) is 10.2 Å². The minimum absolute atomic E-state index is 0.673. The minimum Gasteiger partial charge on any atom is -0.399 e. The molecule has 2 heterocycles. The summed E-state index contributed by atoms with van der Waals surface area (Å²) in [5.74, 6) is 0. The molecule has 2 N–H and O–H groups in total. The Kier molecular flexibility index (Phi) is 2.56. The highest BCUT2D eigenvalue weighted by Crippen LogP contribution is 2.29. The third kappa shape index (κ3) is 1.86. The van der Waals surface area contributed by atoms with E-state index in [4.69, 9.17) is 5.73 Å². The van der Waals surface area contributed by atoms with Crippen LogP contribution in [0, 0.1) is 0 Å². The minimum atomic E-state index is 0.673. The number of nitrogens with zero attached hydrogens (tertiary/aromatic N) is 6. The molecule has 0 unspecified atom stereocenters. The zero-order valence-electron chi connectivity index (χ0n) is 9.48. The topological polar surface area (TPSA) is 95.4 Å². The lowest BCUT2D eigenvalue weighted by atomic mass is 10.2. The predicted molar refractivity (Wildman–Crippen MR) is 66.9 cm³/mol. The van der Waals surface area contributed by atoms with E-state index in [1.807, 2.05) is 18.2 Å². The summed E-state index contributed by atoms with van der Waals surface area (Å²) >= 11 is 1.39. The molecule has 0 saturated carbocycles. The summed E-state index contributed by atoms with van der Waals surface area (Å²) in [7, 11) is 1.78. The highest BCUT2D eigenvalue weighted by Gasteiger charge is 2.10. The molecule has 0 saturated heterocycles. The zero-order valence-corrected chi connectivity index (χ0v) is 10.3. The molecular weight excluding hydrogens is 250 g/mol. The van der Waals surface area contributed by atoms with E-state index in [-0.39, 0.29) is 0 Å². The Labute approximate surface area is 106 Å². The van der Waals surface area contributed by atoms with Gasteiger partial charge in [0.15, 0.2) is 0 Å². The Morgan fingerprint density at radius 2 is 2.17 bits per heavy atom. The number of nitrogen functional groups attached to an aromatic ring is 1. The second-order valence-electron chi connectivity index (χ2n) is 3.64. The Balaban J connectivity index is 2.09. The number of aryl methyl sites for hydroxylation is 1. The van der Waals surface area contributed by atoms with Crippen molar-refractivity contribution in [3.8, 4) is 0 Å². The van der Waals surface area contributed by atoms with Gasteiger partial charge in [0, 0.05) is 18.1 Å². The van der Waals surface area contributed by atoms with Crippen LogP contribution in [0.5, 0.6) is 0 Å². The van der Waals surface area contributed by atoms with E-state index >= 15 is 0 Å². The SMILES string of the molecule is Cn1nnnc1Sc1ncnc2cc(N)ccc12. The van der Waals surface area contributed by atoms with E-state index in [0.29, 0.717) is 10.8 Å². The van der Waals surface area contributed by atoms with E-state index in [9.17, 15) is 0 Å². The van der Waals surface area contributed by atoms with Crippen molar-refractivity contribution in [3.63, 3.8) is 0 Å². The van der Waals surface area contributed by atoms with E-state index in [0.717, 1.165) is 15.9 Å². The first-order chi connectivity index (χ1) is 8.74. The van der Waals surface area contributed by atoms with Gasteiger partial charge >= 0.3 is 0 Å². The number of rotatable bonds is 2. The first kappa shape index (κ1) is 10.9. The number of hydrogen-bond donors (Lipinski definition) is 1. The van der Waals surface area contributed by atoms with Gasteiger partial charge in [0.1, 0.15) is 11.4 Å². The molecule has 0 atom stereocenters. The second-order valence-corrected chi connectivity index (χ2v) is 4.60. The Hall–Kier alpha value is -2.22. The van der Waals surface area contributed by atoms with E-state index in [1.54, 1.807) is 11.7 Å². The lowest BCUT2D eigenvalue weighted by molar-refractivity contribution is 0.664. The Morgan fingerprint density at radius 3 is 2.94 bits per heavy atom. The van der Waals surface area contributed by atoms with Gasteiger partial charge in [0.05, 0.1) is 5.52 Å². The maximum atomic E-state index is 5.73. The Morgan fingerprint density at radius 1 is 1.28 bits per heavy atom. The lowest BCUT2D eigenvalue weighted by Gasteiger charge is -2.03. The van der Waals surface area contributed by atoms with Crippen molar-refractivity contribution in [2.24, 2.45) is 7.05 Å². The first-order valence-electron chi connectivity index (χ1n) is 5.14. The molecule has 18 heavy (non-hydrogen) atoms. The highest BCUT2D eigenvalue weighted by atomic mass is 32.2. The van der Waals surface area contributed by atoms with Gasteiger partial charge in [0.2, 0.25) is 5.16 Å². The van der Waals surface area contributed by atoms with Crippen molar-refractivity contribution in [1.82, 2.24) is 30.2 Å². The highest BCUT2D eigenvalue weighted by molar-refractivity contribution is 7.99. The van der Waals surface area contributed by atoms with E-state index < -0.39 is 0 Å². The quantitative estimate of drug-likeness (QED) is 0.539. The molecule has 0 aliphatic carbocycles. The van der Waals surface area contributed by atoms with Gasteiger partial charge in [-0.15, -0.1) is 5.10 Å². The standard InChI is InChI=1S/C10H9N7S/c1-17-10(14-15-16-17)18-9-7-3-2-6(11)4-8(7)12-5-13-9/h2-5H,11H2,1H3. The summed E-state index contributed by atoms with van der Waals surface area (Å²) in [6.07, 6.45) is 1.51. The molecule has 0 spiro atoms. The van der Waals surface area contributed by atoms with Gasteiger partial charge in [-0.3, -0.25) is 0 Å². The molecule has 3 aromatic rings. The van der Waals surface area contributed by atoms with Crippen LogP contribution in [0.2, 0.25) is 0 Å². The summed E-state index contributed by atoms with van der Waals surface area (Å²) in [5, 5.41) is 13.7. The maximum absolute atomic E-state index is 5.73. The molecule has 0 bridgehead atoms. The number of hydrogen-bond acceptors (Lipinski definition) is 7. The lowest BCUT2D eigenvalue weighted by Crippen LogP contribution is -1.94. The van der Waals surface area contributed by atoms with E-state index in [1.165, 1.54) is 18.1 Å². The smallest absolute Gasteiger partial charge is 0.215 e. The number of fused-ring (bicyclic) bond motifs is 1. The van der Waals surface area contributed by atoms with Gasteiger partial charge < -0.3 is 5.73 Å². The van der Waals surface area contributed by atoms with Crippen LogP contribution in [0.3, 0.4) is 0 Å². The first-order valence-corrected chi connectivity index (χ1v) is 5.96. The predicted octanol–water partition coefficient (Wildman–Crippen LogP) is 0.887. The molecule has 2 aromatic heterocycles. The van der Waals surface area contributed by atoms with Gasteiger partial charge in [-0.2, -0.15) is 0 Å². The van der Waals surface area contributed by atoms with Crippen molar-refractivity contribution in [1.29, 1.82) is 0 Å². The number of aromatic nitrogens is 6. The Bertz CT molecular complexity index is 708. The average molecular weight is 259 g/mol. The van der Waals surface area contributed by atoms with Gasteiger partial charge in [-0.05, 0) is 40.4 Å². The van der Waals surface area contributed by atoms with Crippen LogP contribution in [0.1, 0.15) is 0 Å². The normalized spacial score (nSPS) is 10.9. The number of nitrogens with two attached hydrogens (primary N) is 1. The van der Waals surface area contributed by atoms with Crippen LogP contribution in [0.25, 0.3) is 10.9 Å². The molecule has 0 fully saturated rings. The fraction of sp³-hybridized carbons (Fsp3) is 0.100. The molecule has 0 amide bonds. The van der Waals surface area contributed by atoms with Crippen LogP contribution >= 0.6 is 11.8 Å². The fourth-order valence-corrected chi connectivity index (χ4v) is 2.33. The summed E-state index contributed by atoms with van der Waals surface area (Å²) < 4.78 is 1.59. The molecule has 90 valence electrons. The van der Waals surface area contributed by atoms with Crippen LogP contribution in [-0.4, -0.2) is 30.2 Å². The van der Waals surface area contributed by atoms with Crippen molar-refractivity contribution in [3.05, 3.63) is 24.5 Å². The molecular formula is C10H9N7S. The number of anilines is 1. The molecule has 7 nitrogen and oxygen atoms in total. The molecule has 0 aliphatic rings. The molecule has 8 heteroatoms.